The van der Waals surface area contributed by atoms with Crippen LogP contribution in [0.25, 0.3) is 5.78 Å². The minimum Gasteiger partial charge on any atom is -0.496 e. The maximum atomic E-state index is 5.40. The van der Waals surface area contributed by atoms with Gasteiger partial charge in [0.25, 0.3) is 5.78 Å². The van der Waals surface area contributed by atoms with E-state index in [0.717, 1.165) is 29.2 Å². The highest BCUT2D eigenvalue weighted by Crippen LogP contribution is 2.23. The van der Waals surface area contributed by atoms with Gasteiger partial charge in [-0.2, -0.15) is 0 Å². The van der Waals surface area contributed by atoms with E-state index < -0.39 is 0 Å². The first-order chi connectivity index (χ1) is 10.7. The number of nitrogens with zero attached hydrogens (tertiary/aromatic N) is 4. The number of methoxy groups -OCH3 is 1. The first kappa shape index (κ1) is 14.3. The van der Waals surface area contributed by atoms with Crippen molar-refractivity contribution in [3.05, 3.63) is 47.4 Å². The van der Waals surface area contributed by atoms with E-state index in [1.165, 1.54) is 5.56 Å². The standard InChI is InChI=1S/C16H19N5O/c1-4-13-11(2)19-16-20-18-10-21(16)15(13)17-9-12-7-5-6-8-14(12)22-3/h5-8,10,17H,4,9H2,1-3H3. The Balaban J connectivity index is 1.98. The first-order valence-electron chi connectivity index (χ1n) is 7.29. The van der Waals surface area contributed by atoms with Crippen molar-refractivity contribution in [1.82, 2.24) is 19.6 Å². The second-order valence-electron chi connectivity index (χ2n) is 5.04. The summed E-state index contributed by atoms with van der Waals surface area (Å²) in [7, 11) is 1.69. The Morgan fingerprint density at radius 3 is 2.86 bits per heavy atom. The van der Waals surface area contributed by atoms with E-state index in [9.17, 15) is 0 Å². The SMILES string of the molecule is CCc1c(C)nc2nncn2c1NCc1ccccc1OC. The van der Waals surface area contributed by atoms with Gasteiger partial charge in [0.05, 0.1) is 7.11 Å². The number of hydrogen-bond donors (Lipinski definition) is 1. The van der Waals surface area contributed by atoms with E-state index in [-0.39, 0.29) is 0 Å². The zero-order chi connectivity index (χ0) is 15.5. The molecule has 0 saturated heterocycles. The van der Waals surface area contributed by atoms with Crippen molar-refractivity contribution in [2.75, 3.05) is 12.4 Å². The van der Waals surface area contributed by atoms with E-state index in [1.54, 1.807) is 13.4 Å². The maximum Gasteiger partial charge on any atom is 0.256 e. The third-order valence-electron chi connectivity index (χ3n) is 3.75. The van der Waals surface area contributed by atoms with Crippen molar-refractivity contribution in [2.24, 2.45) is 0 Å². The third kappa shape index (κ3) is 2.47. The summed E-state index contributed by atoms with van der Waals surface area (Å²) in [6, 6.07) is 7.99. The van der Waals surface area contributed by atoms with E-state index >= 15 is 0 Å². The van der Waals surface area contributed by atoms with Crippen LogP contribution in [-0.4, -0.2) is 26.7 Å². The monoisotopic (exact) mass is 297 g/mol. The lowest BCUT2D eigenvalue weighted by molar-refractivity contribution is 0.410. The molecule has 0 aliphatic carbocycles. The molecular weight excluding hydrogens is 278 g/mol. The Hall–Kier alpha value is -2.63. The molecule has 6 heteroatoms. The molecule has 0 saturated carbocycles. The van der Waals surface area contributed by atoms with Crippen molar-refractivity contribution in [3.63, 3.8) is 0 Å². The molecule has 22 heavy (non-hydrogen) atoms. The van der Waals surface area contributed by atoms with Gasteiger partial charge in [-0.1, -0.05) is 25.1 Å². The third-order valence-corrected chi connectivity index (χ3v) is 3.75. The lowest BCUT2D eigenvalue weighted by atomic mass is 10.1. The van der Waals surface area contributed by atoms with Crippen LogP contribution in [0.5, 0.6) is 5.75 Å². The fraction of sp³-hybridized carbons (Fsp3) is 0.312. The Bertz CT molecular complexity index is 796. The highest BCUT2D eigenvalue weighted by Gasteiger charge is 2.13. The lowest BCUT2D eigenvalue weighted by Crippen LogP contribution is -2.10. The fourth-order valence-corrected chi connectivity index (χ4v) is 2.64. The number of fused-ring (bicyclic) bond motifs is 1. The van der Waals surface area contributed by atoms with Crippen LogP contribution < -0.4 is 10.1 Å². The molecular formula is C16H19N5O. The number of hydrogen-bond acceptors (Lipinski definition) is 5. The topological polar surface area (TPSA) is 64.3 Å². The van der Waals surface area contributed by atoms with Crippen LogP contribution in [0.3, 0.4) is 0 Å². The molecule has 1 N–H and O–H groups in total. The lowest BCUT2D eigenvalue weighted by Gasteiger charge is -2.15. The number of benzene rings is 1. The van der Waals surface area contributed by atoms with Crippen LogP contribution in [0.15, 0.2) is 30.6 Å². The fourth-order valence-electron chi connectivity index (χ4n) is 2.64. The Kier molecular flexibility index (Phi) is 3.91. The molecule has 114 valence electrons. The van der Waals surface area contributed by atoms with Crippen molar-refractivity contribution in [1.29, 1.82) is 0 Å². The van der Waals surface area contributed by atoms with Crippen LogP contribution in [0, 0.1) is 6.92 Å². The highest BCUT2D eigenvalue weighted by atomic mass is 16.5. The zero-order valence-electron chi connectivity index (χ0n) is 13.0. The number of aromatic nitrogens is 4. The largest absolute Gasteiger partial charge is 0.496 e. The van der Waals surface area contributed by atoms with Crippen molar-refractivity contribution in [2.45, 2.75) is 26.8 Å². The van der Waals surface area contributed by atoms with Crippen molar-refractivity contribution >= 4 is 11.6 Å². The number of para-hydroxylation sites is 1. The van der Waals surface area contributed by atoms with Gasteiger partial charge in [-0.25, -0.2) is 4.98 Å². The number of aryl methyl sites for hydroxylation is 1. The second kappa shape index (κ2) is 6.01. The molecule has 0 atom stereocenters. The maximum absolute atomic E-state index is 5.40. The second-order valence-corrected chi connectivity index (χ2v) is 5.04. The number of ether oxygens (including phenoxy) is 1. The van der Waals surface area contributed by atoms with E-state index in [2.05, 4.69) is 33.5 Å². The minimum atomic E-state index is 0.609. The molecule has 0 fully saturated rings. The van der Waals surface area contributed by atoms with Gasteiger partial charge in [-0.05, 0) is 19.4 Å². The van der Waals surface area contributed by atoms with Gasteiger partial charge >= 0.3 is 0 Å². The van der Waals surface area contributed by atoms with Gasteiger partial charge < -0.3 is 10.1 Å². The molecule has 0 amide bonds. The summed E-state index contributed by atoms with van der Waals surface area (Å²) < 4.78 is 7.29. The van der Waals surface area contributed by atoms with E-state index in [4.69, 9.17) is 4.74 Å². The zero-order valence-corrected chi connectivity index (χ0v) is 13.0. The Morgan fingerprint density at radius 1 is 1.27 bits per heavy atom. The van der Waals surface area contributed by atoms with E-state index in [1.807, 2.05) is 29.5 Å². The molecule has 0 radical (unpaired) electrons. The van der Waals surface area contributed by atoms with Gasteiger partial charge in [0.15, 0.2) is 0 Å². The Morgan fingerprint density at radius 2 is 2.09 bits per heavy atom. The molecule has 6 nitrogen and oxygen atoms in total. The van der Waals surface area contributed by atoms with Crippen LogP contribution in [0.1, 0.15) is 23.7 Å². The molecule has 2 heterocycles. The summed E-state index contributed by atoms with van der Waals surface area (Å²) in [5.74, 6) is 2.47. The Labute approximate surface area is 129 Å². The molecule has 2 aromatic heterocycles. The molecule has 1 aromatic carbocycles. The molecule has 0 unspecified atom stereocenters. The number of rotatable bonds is 5. The summed E-state index contributed by atoms with van der Waals surface area (Å²) in [6.07, 6.45) is 2.58. The van der Waals surface area contributed by atoms with Gasteiger partial charge in [-0.15, -0.1) is 10.2 Å². The summed E-state index contributed by atoms with van der Waals surface area (Å²) in [5.41, 5.74) is 3.25. The molecule has 0 aliphatic rings. The van der Waals surface area contributed by atoms with Crippen LogP contribution in [0.2, 0.25) is 0 Å². The minimum absolute atomic E-state index is 0.609. The normalized spacial score (nSPS) is 10.9. The van der Waals surface area contributed by atoms with Gasteiger partial charge in [0, 0.05) is 23.4 Å². The molecule has 0 aliphatic heterocycles. The van der Waals surface area contributed by atoms with Gasteiger partial charge in [0.2, 0.25) is 0 Å². The van der Waals surface area contributed by atoms with Crippen molar-refractivity contribution in [3.8, 4) is 5.75 Å². The summed E-state index contributed by atoms with van der Waals surface area (Å²) in [5, 5.41) is 11.5. The van der Waals surface area contributed by atoms with Crippen molar-refractivity contribution < 1.29 is 4.74 Å². The van der Waals surface area contributed by atoms with Crippen LogP contribution in [0.4, 0.5) is 5.82 Å². The summed E-state index contributed by atoms with van der Waals surface area (Å²) in [6.45, 7) is 4.78. The van der Waals surface area contributed by atoms with E-state index in [0.29, 0.717) is 12.3 Å². The highest BCUT2D eigenvalue weighted by molar-refractivity contribution is 5.54. The molecule has 0 bridgehead atoms. The van der Waals surface area contributed by atoms with Crippen LogP contribution in [-0.2, 0) is 13.0 Å². The molecule has 0 spiro atoms. The predicted molar refractivity (Wildman–Crippen MR) is 85.2 cm³/mol. The smallest absolute Gasteiger partial charge is 0.256 e. The molecule has 3 aromatic rings. The summed E-state index contributed by atoms with van der Waals surface area (Å²) in [4.78, 5) is 4.48. The average Bonchev–Trinajstić information content (AvgIpc) is 3.00. The van der Waals surface area contributed by atoms with Gasteiger partial charge in [-0.3, -0.25) is 4.40 Å². The number of anilines is 1. The van der Waals surface area contributed by atoms with Gasteiger partial charge in [0.1, 0.15) is 17.9 Å². The summed E-state index contributed by atoms with van der Waals surface area (Å²) >= 11 is 0. The quantitative estimate of drug-likeness (QED) is 0.784. The van der Waals surface area contributed by atoms with Crippen LogP contribution >= 0.6 is 0 Å². The predicted octanol–water partition coefficient (Wildman–Crippen LogP) is 2.62. The molecule has 3 rings (SSSR count). The number of nitrogens with one attached hydrogen (secondary N) is 1. The first-order valence-corrected chi connectivity index (χ1v) is 7.29. The average molecular weight is 297 g/mol.